The van der Waals surface area contributed by atoms with E-state index in [0.29, 0.717) is 24.7 Å². The summed E-state index contributed by atoms with van der Waals surface area (Å²) in [5, 5.41) is 43.7. The van der Waals surface area contributed by atoms with Gasteiger partial charge in [-0.1, -0.05) is 26.0 Å². The van der Waals surface area contributed by atoms with Crippen molar-refractivity contribution in [2.24, 2.45) is 28.6 Å². The number of carboxylic acids is 1. The van der Waals surface area contributed by atoms with Crippen LogP contribution in [0.3, 0.4) is 0 Å². The van der Waals surface area contributed by atoms with Gasteiger partial charge < -0.3 is 20.4 Å². The van der Waals surface area contributed by atoms with E-state index in [1.807, 2.05) is 0 Å². The summed E-state index contributed by atoms with van der Waals surface area (Å²) in [6, 6.07) is 6.57. The fraction of sp³-hybridized carbons (Fsp3) is 0.731. The first-order valence-corrected chi connectivity index (χ1v) is 12.0. The normalized spacial score (nSPS) is 49.1. The second kappa shape index (κ2) is 6.79. The molecule has 1 aromatic rings. The summed E-state index contributed by atoms with van der Waals surface area (Å²) >= 11 is 0. The molecule has 31 heavy (non-hydrogen) atoms. The molecule has 170 valence electrons. The first-order valence-electron chi connectivity index (χ1n) is 12.0. The molecule has 0 radical (unpaired) electrons. The van der Waals surface area contributed by atoms with Crippen LogP contribution in [-0.4, -0.2) is 38.1 Å². The maximum atomic E-state index is 12.3. The molecule has 4 aliphatic rings. The molecular weight excluding hydrogens is 392 g/mol. The van der Waals surface area contributed by atoms with Gasteiger partial charge in [0.1, 0.15) is 0 Å². The summed E-state index contributed by atoms with van der Waals surface area (Å²) in [6.45, 7) is 4.44. The van der Waals surface area contributed by atoms with Crippen molar-refractivity contribution in [2.75, 3.05) is 0 Å². The van der Waals surface area contributed by atoms with Crippen molar-refractivity contribution in [3.05, 3.63) is 35.4 Å². The van der Waals surface area contributed by atoms with Crippen molar-refractivity contribution in [3.8, 4) is 0 Å². The summed E-state index contributed by atoms with van der Waals surface area (Å²) in [4.78, 5) is 11.3. The van der Waals surface area contributed by atoms with Gasteiger partial charge in [-0.3, -0.25) is 0 Å². The number of carbonyl (C=O) groups is 1. The molecule has 4 saturated carbocycles. The van der Waals surface area contributed by atoms with Crippen LogP contribution in [-0.2, 0) is 5.60 Å². The number of rotatable bonds is 2. The number of hydrogen-bond acceptors (Lipinski definition) is 4. The maximum Gasteiger partial charge on any atom is 0.335 e. The predicted molar refractivity (Wildman–Crippen MR) is 116 cm³/mol. The zero-order valence-corrected chi connectivity index (χ0v) is 18.7. The molecule has 0 amide bonds. The lowest BCUT2D eigenvalue weighted by molar-refractivity contribution is -0.238. The molecule has 0 bridgehead atoms. The Morgan fingerprint density at radius 2 is 1.61 bits per heavy atom. The van der Waals surface area contributed by atoms with Crippen molar-refractivity contribution in [1.82, 2.24) is 0 Å². The monoisotopic (exact) mass is 428 g/mol. The lowest BCUT2D eigenvalue weighted by atomic mass is 9.43. The standard InChI is InChI=1S/C26H36O5/c1-23-11-9-19(27)15-18(23)7-8-21-20(23)10-12-24(2)25(30,13-14-26(21,24)31)17-5-3-16(4-6-17)22(28)29/h3-6,18-21,27,30-31H,7-15H2,1-2H3,(H,28,29)/t18-,19-,20-,21+,23-,24+,25-,26-/m0/s1. The topological polar surface area (TPSA) is 98.0 Å². The highest BCUT2D eigenvalue weighted by atomic mass is 16.4. The van der Waals surface area contributed by atoms with Crippen LogP contribution in [0.1, 0.15) is 87.6 Å². The van der Waals surface area contributed by atoms with Crippen LogP contribution in [0.25, 0.3) is 0 Å². The fourth-order valence-electron chi connectivity index (χ4n) is 8.57. The summed E-state index contributed by atoms with van der Waals surface area (Å²) in [5.74, 6) is 0.133. The molecule has 0 saturated heterocycles. The van der Waals surface area contributed by atoms with Gasteiger partial charge in [0, 0.05) is 5.41 Å². The zero-order valence-electron chi connectivity index (χ0n) is 18.7. The molecule has 5 heteroatoms. The average molecular weight is 429 g/mol. The van der Waals surface area contributed by atoms with Crippen molar-refractivity contribution >= 4 is 5.97 Å². The van der Waals surface area contributed by atoms with Gasteiger partial charge in [0.15, 0.2) is 0 Å². The Kier molecular flexibility index (Phi) is 4.69. The lowest BCUT2D eigenvalue weighted by Crippen LogP contribution is -2.64. The smallest absolute Gasteiger partial charge is 0.335 e. The molecule has 4 N–H and O–H groups in total. The molecule has 0 spiro atoms. The van der Waals surface area contributed by atoms with E-state index in [1.165, 1.54) is 0 Å². The SMILES string of the molecule is C[C@]12CC[C@H](O)C[C@@H]1CC[C@@H]1[C@@H]2CC[C@]2(C)[C@@](O)(c3ccc(C(=O)O)cc3)CC[C@]12O. The van der Waals surface area contributed by atoms with Gasteiger partial charge in [0.05, 0.1) is 22.9 Å². The molecule has 5 rings (SSSR count). The molecule has 0 unspecified atom stereocenters. The number of aliphatic hydroxyl groups excluding tert-OH is 1. The van der Waals surface area contributed by atoms with Crippen LogP contribution >= 0.6 is 0 Å². The van der Waals surface area contributed by atoms with E-state index in [0.717, 1.165) is 50.5 Å². The molecule has 0 heterocycles. The third-order valence-electron chi connectivity index (χ3n) is 10.6. The van der Waals surface area contributed by atoms with E-state index in [-0.39, 0.29) is 23.0 Å². The van der Waals surface area contributed by atoms with Gasteiger partial charge in [0.25, 0.3) is 0 Å². The number of hydrogen-bond donors (Lipinski definition) is 4. The van der Waals surface area contributed by atoms with Crippen LogP contribution in [0.15, 0.2) is 24.3 Å². The minimum atomic E-state index is -1.16. The van der Waals surface area contributed by atoms with Crippen molar-refractivity contribution < 1.29 is 25.2 Å². The minimum Gasteiger partial charge on any atom is -0.478 e. The van der Waals surface area contributed by atoms with Crippen LogP contribution in [0.2, 0.25) is 0 Å². The van der Waals surface area contributed by atoms with E-state index in [2.05, 4.69) is 13.8 Å². The second-order valence-electron chi connectivity index (χ2n) is 11.5. The zero-order chi connectivity index (χ0) is 22.2. The fourth-order valence-corrected chi connectivity index (χ4v) is 8.57. The molecule has 0 aromatic heterocycles. The largest absolute Gasteiger partial charge is 0.478 e. The third kappa shape index (κ3) is 2.69. The summed E-state index contributed by atoms with van der Waals surface area (Å²) in [5.41, 5.74) is -1.67. The van der Waals surface area contributed by atoms with Gasteiger partial charge in [-0.15, -0.1) is 0 Å². The van der Waals surface area contributed by atoms with Crippen LogP contribution in [0, 0.1) is 28.6 Å². The van der Waals surface area contributed by atoms with Crippen molar-refractivity contribution in [3.63, 3.8) is 0 Å². The number of aliphatic hydroxyl groups is 3. The summed E-state index contributed by atoms with van der Waals surface area (Å²) < 4.78 is 0. The van der Waals surface area contributed by atoms with Crippen molar-refractivity contribution in [2.45, 2.75) is 88.9 Å². The Hall–Kier alpha value is -1.43. The first kappa shape index (κ1) is 21.4. The Balaban J connectivity index is 1.49. The van der Waals surface area contributed by atoms with E-state index in [1.54, 1.807) is 24.3 Å². The van der Waals surface area contributed by atoms with Crippen LogP contribution in [0.4, 0.5) is 0 Å². The number of aromatic carboxylic acids is 1. The van der Waals surface area contributed by atoms with E-state index in [4.69, 9.17) is 0 Å². The molecule has 8 atom stereocenters. The molecule has 5 nitrogen and oxygen atoms in total. The van der Waals surface area contributed by atoms with Crippen molar-refractivity contribution in [1.29, 1.82) is 0 Å². The van der Waals surface area contributed by atoms with Gasteiger partial charge in [-0.05, 0) is 98.7 Å². The highest BCUT2D eigenvalue weighted by Crippen LogP contribution is 2.71. The average Bonchev–Trinajstić information content (AvgIpc) is 2.96. The molecule has 1 aromatic carbocycles. The maximum absolute atomic E-state index is 12.3. The van der Waals surface area contributed by atoms with Gasteiger partial charge in [-0.2, -0.15) is 0 Å². The Bertz CT molecular complexity index is 882. The number of fused-ring (bicyclic) bond motifs is 5. The quantitative estimate of drug-likeness (QED) is 0.569. The van der Waals surface area contributed by atoms with Gasteiger partial charge >= 0.3 is 5.97 Å². The Morgan fingerprint density at radius 3 is 2.29 bits per heavy atom. The van der Waals surface area contributed by atoms with Crippen LogP contribution < -0.4 is 0 Å². The van der Waals surface area contributed by atoms with E-state index < -0.39 is 22.6 Å². The molecule has 0 aliphatic heterocycles. The third-order valence-corrected chi connectivity index (χ3v) is 10.6. The minimum absolute atomic E-state index is 0.156. The van der Waals surface area contributed by atoms with E-state index in [9.17, 15) is 25.2 Å². The Morgan fingerprint density at radius 1 is 0.903 bits per heavy atom. The van der Waals surface area contributed by atoms with Crippen LogP contribution in [0.5, 0.6) is 0 Å². The Labute approximate surface area is 184 Å². The van der Waals surface area contributed by atoms with Gasteiger partial charge in [-0.25, -0.2) is 4.79 Å². The summed E-state index contributed by atoms with van der Waals surface area (Å²) in [6.07, 6.45) is 7.39. The van der Waals surface area contributed by atoms with E-state index >= 15 is 0 Å². The molecule has 4 fully saturated rings. The predicted octanol–water partition coefficient (Wildman–Crippen LogP) is 4.09. The van der Waals surface area contributed by atoms with Gasteiger partial charge in [0.2, 0.25) is 0 Å². The highest BCUT2D eigenvalue weighted by Gasteiger charge is 2.71. The second-order valence-corrected chi connectivity index (χ2v) is 11.5. The molecular formula is C26H36O5. The summed E-state index contributed by atoms with van der Waals surface area (Å²) in [7, 11) is 0. The number of carboxylic acid groups (broad SMARTS) is 1. The lowest BCUT2D eigenvalue weighted by Gasteiger charge is -2.64. The highest BCUT2D eigenvalue weighted by molar-refractivity contribution is 5.87. The molecule has 4 aliphatic carbocycles. The number of benzene rings is 1. The first-order chi connectivity index (χ1) is 14.6.